The average molecular weight is 300 g/mol. The summed E-state index contributed by atoms with van der Waals surface area (Å²) in [4.78, 5) is 22.6. The highest BCUT2D eigenvalue weighted by Crippen LogP contribution is 2.07. The Kier molecular flexibility index (Phi) is 6.56. The summed E-state index contributed by atoms with van der Waals surface area (Å²) in [5.74, 6) is 0. The zero-order valence-corrected chi connectivity index (χ0v) is 12.0. The van der Waals surface area contributed by atoms with Crippen molar-refractivity contribution < 1.29 is 14.8 Å². The van der Waals surface area contributed by atoms with Gasteiger partial charge in [0.05, 0.1) is 17.6 Å². The van der Waals surface area contributed by atoms with Crippen molar-refractivity contribution in [1.82, 2.24) is 25.3 Å². The highest BCUT2D eigenvalue weighted by Gasteiger charge is 2.11. The van der Waals surface area contributed by atoms with E-state index in [1.54, 1.807) is 14.1 Å². The molecule has 0 radical (unpaired) electrons. The minimum absolute atomic E-state index is 0.110. The lowest BCUT2D eigenvalue weighted by molar-refractivity contribution is -0.385. The third-order valence-corrected chi connectivity index (χ3v) is 2.59. The predicted octanol–water partition coefficient (Wildman–Crippen LogP) is -0.987. The first kappa shape index (κ1) is 16.9. The van der Waals surface area contributed by atoms with Gasteiger partial charge < -0.3 is 20.6 Å². The van der Waals surface area contributed by atoms with E-state index in [0.29, 0.717) is 19.6 Å². The number of aromatic nitrogens is 2. The van der Waals surface area contributed by atoms with Gasteiger partial charge in [0.25, 0.3) is 0 Å². The largest absolute Gasteiger partial charge is 0.390 e. The van der Waals surface area contributed by atoms with E-state index < -0.39 is 11.0 Å². The summed E-state index contributed by atoms with van der Waals surface area (Å²) in [5.41, 5.74) is -0.110. The lowest BCUT2D eigenvalue weighted by atomic mass is 10.3. The minimum Gasteiger partial charge on any atom is -0.390 e. The Morgan fingerprint density at radius 2 is 2.29 bits per heavy atom. The van der Waals surface area contributed by atoms with Crippen LogP contribution >= 0.6 is 0 Å². The zero-order chi connectivity index (χ0) is 15.8. The number of carbonyl (C=O) groups is 1. The Morgan fingerprint density at radius 3 is 2.86 bits per heavy atom. The fraction of sp³-hybridized carbons (Fsp3) is 0.636. The Balaban J connectivity index is 2.17. The lowest BCUT2D eigenvalue weighted by Gasteiger charge is -2.14. The molecular formula is C11H20N6O4. The summed E-state index contributed by atoms with van der Waals surface area (Å²) in [6.45, 7) is 1.41. The van der Waals surface area contributed by atoms with Crippen LogP contribution in [0.3, 0.4) is 0 Å². The van der Waals surface area contributed by atoms with Crippen LogP contribution in [0.1, 0.15) is 0 Å². The number of aliphatic hydroxyl groups excluding tert-OH is 1. The standard InChI is InChI=1S/C11H20N6O4/c1-15(2)11(19)13-4-3-12-6-10(18)8-16-7-9(5-14-16)17(20)21/h5,7,10,12,18H,3-4,6,8H2,1-2H3,(H,13,19). The molecule has 118 valence electrons. The first-order valence-corrected chi connectivity index (χ1v) is 6.41. The van der Waals surface area contributed by atoms with E-state index in [1.807, 2.05) is 0 Å². The molecule has 1 heterocycles. The molecule has 3 N–H and O–H groups in total. The second-order valence-corrected chi connectivity index (χ2v) is 4.66. The fourth-order valence-corrected chi connectivity index (χ4v) is 1.51. The summed E-state index contributed by atoms with van der Waals surface area (Å²) in [5, 5.41) is 29.7. The zero-order valence-electron chi connectivity index (χ0n) is 12.0. The van der Waals surface area contributed by atoms with Gasteiger partial charge in [-0.15, -0.1) is 0 Å². The van der Waals surface area contributed by atoms with Gasteiger partial charge in [0.1, 0.15) is 12.4 Å². The van der Waals surface area contributed by atoms with Gasteiger partial charge >= 0.3 is 11.7 Å². The van der Waals surface area contributed by atoms with E-state index in [-0.39, 0.29) is 18.3 Å². The van der Waals surface area contributed by atoms with Gasteiger partial charge in [-0.1, -0.05) is 0 Å². The monoisotopic (exact) mass is 300 g/mol. The molecule has 1 aromatic rings. The van der Waals surface area contributed by atoms with Crippen LogP contribution in [0, 0.1) is 10.1 Å². The number of nitrogens with one attached hydrogen (secondary N) is 2. The maximum atomic E-state index is 11.2. The van der Waals surface area contributed by atoms with E-state index in [2.05, 4.69) is 15.7 Å². The average Bonchev–Trinajstić information content (AvgIpc) is 2.86. The quantitative estimate of drug-likeness (QED) is 0.322. The number of amides is 2. The van der Waals surface area contributed by atoms with Crippen LogP contribution in [-0.4, -0.2) is 70.6 Å². The van der Waals surface area contributed by atoms with Gasteiger partial charge in [0.2, 0.25) is 0 Å². The van der Waals surface area contributed by atoms with Crippen LogP contribution in [0.5, 0.6) is 0 Å². The molecule has 0 saturated heterocycles. The number of hydrogen-bond donors (Lipinski definition) is 3. The van der Waals surface area contributed by atoms with Crippen molar-refractivity contribution in [2.45, 2.75) is 12.6 Å². The Morgan fingerprint density at radius 1 is 1.57 bits per heavy atom. The molecule has 1 unspecified atom stereocenters. The first-order valence-electron chi connectivity index (χ1n) is 6.41. The van der Waals surface area contributed by atoms with E-state index in [4.69, 9.17) is 0 Å². The summed E-state index contributed by atoms with van der Waals surface area (Å²) in [7, 11) is 3.30. The second-order valence-electron chi connectivity index (χ2n) is 4.66. The molecule has 0 aromatic carbocycles. The van der Waals surface area contributed by atoms with Crippen molar-refractivity contribution in [1.29, 1.82) is 0 Å². The first-order chi connectivity index (χ1) is 9.90. The normalized spacial score (nSPS) is 12.0. The number of nitro groups is 1. The van der Waals surface area contributed by atoms with Gasteiger partial charge in [0.15, 0.2) is 0 Å². The smallest absolute Gasteiger partial charge is 0.316 e. The van der Waals surface area contributed by atoms with Crippen LogP contribution in [0.25, 0.3) is 0 Å². The van der Waals surface area contributed by atoms with Gasteiger partial charge in [-0.2, -0.15) is 5.10 Å². The van der Waals surface area contributed by atoms with Gasteiger partial charge in [-0.25, -0.2) is 4.79 Å². The van der Waals surface area contributed by atoms with Gasteiger partial charge in [0, 0.05) is 33.7 Å². The summed E-state index contributed by atoms with van der Waals surface area (Å²) in [6.07, 6.45) is 1.67. The van der Waals surface area contributed by atoms with Crippen LogP contribution in [0.2, 0.25) is 0 Å². The topological polar surface area (TPSA) is 126 Å². The molecule has 0 aliphatic rings. The number of carbonyl (C=O) groups excluding carboxylic acids is 1. The number of aliphatic hydroxyl groups is 1. The number of hydrogen-bond acceptors (Lipinski definition) is 6. The molecule has 0 saturated carbocycles. The molecule has 0 aliphatic heterocycles. The molecule has 10 nitrogen and oxygen atoms in total. The third kappa shape index (κ3) is 6.19. The fourth-order valence-electron chi connectivity index (χ4n) is 1.51. The van der Waals surface area contributed by atoms with Crippen LogP contribution in [0.15, 0.2) is 12.4 Å². The van der Waals surface area contributed by atoms with Crippen molar-refractivity contribution in [3.8, 4) is 0 Å². The van der Waals surface area contributed by atoms with E-state index in [9.17, 15) is 20.0 Å². The highest BCUT2D eigenvalue weighted by atomic mass is 16.6. The molecule has 0 bridgehead atoms. The van der Waals surface area contributed by atoms with Crippen molar-refractivity contribution in [3.63, 3.8) is 0 Å². The predicted molar refractivity (Wildman–Crippen MR) is 74.8 cm³/mol. The molecule has 1 aromatic heterocycles. The Hall–Kier alpha value is -2.20. The van der Waals surface area contributed by atoms with Crippen LogP contribution in [-0.2, 0) is 6.54 Å². The van der Waals surface area contributed by atoms with Crippen molar-refractivity contribution >= 4 is 11.7 Å². The molecule has 0 fully saturated rings. The van der Waals surface area contributed by atoms with Crippen molar-refractivity contribution in [2.75, 3.05) is 33.7 Å². The number of urea groups is 1. The SMILES string of the molecule is CN(C)C(=O)NCCNCC(O)Cn1cc([N+](=O)[O-])cn1. The molecule has 21 heavy (non-hydrogen) atoms. The van der Waals surface area contributed by atoms with Gasteiger partial charge in [-0.05, 0) is 0 Å². The molecule has 1 rings (SSSR count). The molecular weight excluding hydrogens is 280 g/mol. The van der Waals surface area contributed by atoms with Crippen molar-refractivity contribution in [2.24, 2.45) is 0 Å². The third-order valence-electron chi connectivity index (χ3n) is 2.59. The van der Waals surface area contributed by atoms with E-state index in [1.165, 1.54) is 15.8 Å². The van der Waals surface area contributed by atoms with E-state index in [0.717, 1.165) is 6.20 Å². The minimum atomic E-state index is -0.728. The van der Waals surface area contributed by atoms with Crippen LogP contribution < -0.4 is 10.6 Å². The Bertz CT molecular complexity index is 475. The summed E-state index contributed by atoms with van der Waals surface area (Å²) in [6, 6.07) is -0.179. The number of nitrogens with zero attached hydrogens (tertiary/aromatic N) is 4. The molecule has 0 spiro atoms. The molecule has 1 atom stereocenters. The summed E-state index contributed by atoms with van der Waals surface area (Å²) < 4.78 is 1.32. The maximum absolute atomic E-state index is 11.2. The lowest BCUT2D eigenvalue weighted by Crippen LogP contribution is -2.40. The highest BCUT2D eigenvalue weighted by molar-refractivity contribution is 5.73. The summed E-state index contributed by atoms with van der Waals surface area (Å²) >= 11 is 0. The molecule has 0 aliphatic carbocycles. The van der Waals surface area contributed by atoms with E-state index >= 15 is 0 Å². The Labute approximate surface area is 121 Å². The van der Waals surface area contributed by atoms with Crippen LogP contribution in [0.4, 0.5) is 10.5 Å². The van der Waals surface area contributed by atoms with Gasteiger partial charge in [-0.3, -0.25) is 14.8 Å². The molecule has 2 amide bonds. The van der Waals surface area contributed by atoms with Crippen molar-refractivity contribution in [3.05, 3.63) is 22.5 Å². The molecule has 10 heteroatoms. The number of rotatable bonds is 8. The maximum Gasteiger partial charge on any atom is 0.316 e. The second kappa shape index (κ2) is 8.17.